The molecule has 2 aromatic rings. The molecule has 0 aromatic heterocycles. The number of likely N-dealkylation sites (tertiary alicyclic amines) is 1. The number of nitrogens with zero attached hydrogens (tertiary/aromatic N) is 1. The summed E-state index contributed by atoms with van der Waals surface area (Å²) in [6, 6.07) is 13.7. The third-order valence-electron chi connectivity index (χ3n) is 5.51. The van der Waals surface area contributed by atoms with E-state index in [4.69, 9.17) is 21.1 Å². The van der Waals surface area contributed by atoms with Crippen molar-refractivity contribution in [2.75, 3.05) is 32.8 Å². The topological polar surface area (TPSA) is 71.0 Å². The predicted molar refractivity (Wildman–Crippen MR) is 126 cm³/mol. The second-order valence-corrected chi connectivity index (χ2v) is 9.00. The fourth-order valence-corrected chi connectivity index (χ4v) is 4.04. The van der Waals surface area contributed by atoms with E-state index in [1.54, 1.807) is 0 Å². The number of nitrogens with one attached hydrogen (secondary N) is 1. The molecule has 1 amide bonds. The third-order valence-corrected chi connectivity index (χ3v) is 5.82. The molecule has 0 spiro atoms. The normalized spacial score (nSPS) is 18.9. The molecule has 1 aliphatic rings. The molecule has 2 N–H and O–H groups in total. The summed E-state index contributed by atoms with van der Waals surface area (Å²) in [5.74, 6) is 1.41. The van der Waals surface area contributed by atoms with Crippen molar-refractivity contribution in [3.63, 3.8) is 0 Å². The molecule has 2 aromatic carbocycles. The molecule has 32 heavy (non-hydrogen) atoms. The lowest BCUT2D eigenvalue weighted by Crippen LogP contribution is -2.51. The number of benzene rings is 2. The number of halogens is 1. The number of aryl methyl sites for hydroxylation is 1. The Morgan fingerprint density at radius 3 is 2.75 bits per heavy atom. The summed E-state index contributed by atoms with van der Waals surface area (Å²) in [4.78, 5) is 13.1. The average Bonchev–Trinajstić information content (AvgIpc) is 2.75. The van der Waals surface area contributed by atoms with Crippen molar-refractivity contribution >= 4 is 17.5 Å². The Morgan fingerprint density at radius 1 is 1.22 bits per heavy atom. The third kappa shape index (κ3) is 7.69. The maximum Gasteiger partial charge on any atom is 0.216 e. The quantitative estimate of drug-likeness (QED) is 0.525. The van der Waals surface area contributed by atoms with E-state index in [-0.39, 0.29) is 12.5 Å². The first-order valence-electron chi connectivity index (χ1n) is 11.1. The number of ether oxygens (including phenoxy) is 2. The van der Waals surface area contributed by atoms with Crippen molar-refractivity contribution in [3.8, 4) is 11.5 Å². The van der Waals surface area contributed by atoms with Crippen molar-refractivity contribution in [1.82, 2.24) is 10.2 Å². The average molecular weight is 461 g/mol. The molecule has 7 heteroatoms. The highest BCUT2D eigenvalue weighted by molar-refractivity contribution is 6.32. The zero-order valence-electron chi connectivity index (χ0n) is 18.9. The minimum Gasteiger partial charge on any atom is -0.494 e. The van der Waals surface area contributed by atoms with Gasteiger partial charge in [0, 0.05) is 26.6 Å². The monoisotopic (exact) mass is 460 g/mol. The van der Waals surface area contributed by atoms with Gasteiger partial charge in [0.15, 0.2) is 0 Å². The van der Waals surface area contributed by atoms with Gasteiger partial charge in [-0.05, 0) is 68.1 Å². The molecule has 0 aliphatic carbocycles. The van der Waals surface area contributed by atoms with Crippen molar-refractivity contribution in [1.29, 1.82) is 0 Å². The highest BCUT2D eigenvalue weighted by atomic mass is 35.5. The Hall–Kier alpha value is -2.28. The molecule has 0 unspecified atom stereocenters. The first-order chi connectivity index (χ1) is 15.3. The molecule has 174 valence electrons. The van der Waals surface area contributed by atoms with Gasteiger partial charge in [-0.15, -0.1) is 0 Å². The lowest BCUT2D eigenvalue weighted by molar-refractivity contribution is -0.118. The SMILES string of the molecule is CC(=O)NCCCOc1ccc(CN2CCC[C@](O)(COc3cc(C)ccc3Cl)C2)cc1. The van der Waals surface area contributed by atoms with Crippen molar-refractivity contribution < 1.29 is 19.4 Å². The number of aliphatic hydroxyl groups is 1. The van der Waals surface area contributed by atoms with Crippen molar-refractivity contribution in [2.45, 2.75) is 45.3 Å². The van der Waals surface area contributed by atoms with Crippen LogP contribution in [0.1, 0.15) is 37.3 Å². The van der Waals surface area contributed by atoms with Gasteiger partial charge in [0.2, 0.25) is 5.91 Å². The van der Waals surface area contributed by atoms with E-state index >= 15 is 0 Å². The fourth-order valence-electron chi connectivity index (χ4n) is 3.87. The molecule has 6 nitrogen and oxygen atoms in total. The summed E-state index contributed by atoms with van der Waals surface area (Å²) in [5.41, 5.74) is 1.34. The molecule has 0 bridgehead atoms. The van der Waals surface area contributed by atoms with Crippen LogP contribution in [0.15, 0.2) is 42.5 Å². The number of rotatable bonds is 10. The van der Waals surface area contributed by atoms with Gasteiger partial charge in [0.25, 0.3) is 0 Å². The predicted octanol–water partition coefficient (Wildman–Crippen LogP) is 3.96. The first-order valence-corrected chi connectivity index (χ1v) is 11.5. The van der Waals surface area contributed by atoms with E-state index in [9.17, 15) is 9.90 Å². The van der Waals surface area contributed by atoms with Crippen molar-refractivity contribution in [3.05, 3.63) is 58.6 Å². The van der Waals surface area contributed by atoms with Crippen molar-refractivity contribution in [2.24, 2.45) is 0 Å². The van der Waals surface area contributed by atoms with Crippen LogP contribution in [-0.2, 0) is 11.3 Å². The van der Waals surface area contributed by atoms with Gasteiger partial charge in [-0.25, -0.2) is 0 Å². The number of amides is 1. The summed E-state index contributed by atoms with van der Waals surface area (Å²) in [6.45, 7) is 7.15. The van der Waals surface area contributed by atoms with E-state index in [2.05, 4.69) is 22.3 Å². The Kier molecular flexibility index (Phi) is 8.79. The van der Waals surface area contributed by atoms with Gasteiger partial charge in [0.1, 0.15) is 23.7 Å². The number of carbonyl (C=O) groups is 1. The molecule has 1 atom stereocenters. The van der Waals surface area contributed by atoms with Gasteiger partial charge in [-0.2, -0.15) is 0 Å². The molecule has 1 aliphatic heterocycles. The smallest absolute Gasteiger partial charge is 0.216 e. The van der Waals surface area contributed by atoms with E-state index < -0.39 is 5.60 Å². The van der Waals surface area contributed by atoms with Crippen LogP contribution in [0.2, 0.25) is 5.02 Å². The Labute approximate surface area is 195 Å². The summed E-state index contributed by atoms with van der Waals surface area (Å²) in [5, 5.41) is 14.4. The largest absolute Gasteiger partial charge is 0.494 e. The van der Waals surface area contributed by atoms with E-state index in [1.165, 1.54) is 12.5 Å². The highest BCUT2D eigenvalue weighted by Crippen LogP contribution is 2.29. The fraction of sp³-hybridized carbons (Fsp3) is 0.480. The van der Waals surface area contributed by atoms with Gasteiger partial charge in [0.05, 0.1) is 11.6 Å². The number of β-amino-alcohol motifs (C(OH)–C–C–N with tert-alkyl or cyclic N) is 1. The first kappa shape index (κ1) is 24.4. The van der Waals surface area contributed by atoms with Crippen LogP contribution < -0.4 is 14.8 Å². The molecule has 0 radical (unpaired) electrons. The number of hydrogen-bond acceptors (Lipinski definition) is 5. The second-order valence-electron chi connectivity index (χ2n) is 8.59. The molecule has 0 saturated carbocycles. The Balaban J connectivity index is 1.46. The molecular formula is C25H33ClN2O4. The van der Waals surface area contributed by atoms with Crippen LogP contribution in [0.5, 0.6) is 11.5 Å². The zero-order valence-corrected chi connectivity index (χ0v) is 19.7. The van der Waals surface area contributed by atoms with Crippen LogP contribution in [0.4, 0.5) is 0 Å². The lowest BCUT2D eigenvalue weighted by Gasteiger charge is -2.39. The maximum absolute atomic E-state index is 11.1. The Bertz CT molecular complexity index is 890. The van der Waals surface area contributed by atoms with E-state index in [0.29, 0.717) is 36.9 Å². The zero-order chi connectivity index (χ0) is 23.0. The summed E-state index contributed by atoms with van der Waals surface area (Å²) in [7, 11) is 0. The minimum absolute atomic E-state index is 0.0236. The standard InChI is InChI=1S/C25H33ClN2O4/c1-19-5-10-23(26)24(15-19)32-18-25(30)11-3-13-28(17-25)16-21-6-8-22(9-7-21)31-14-4-12-27-20(2)29/h5-10,15,30H,3-4,11-14,16-18H2,1-2H3,(H,27,29)/t25-/m1/s1. The number of piperidine rings is 1. The lowest BCUT2D eigenvalue weighted by atomic mass is 9.93. The Morgan fingerprint density at radius 2 is 2.00 bits per heavy atom. The van der Waals surface area contributed by atoms with Gasteiger partial charge in [-0.3, -0.25) is 9.69 Å². The summed E-state index contributed by atoms with van der Waals surface area (Å²) < 4.78 is 11.6. The minimum atomic E-state index is -0.901. The van der Waals surface area contributed by atoms with E-state index in [1.807, 2.05) is 37.3 Å². The molecule has 1 fully saturated rings. The molecule has 1 saturated heterocycles. The molecule has 3 rings (SSSR count). The van der Waals surface area contributed by atoms with Crippen LogP contribution in [-0.4, -0.2) is 54.4 Å². The van der Waals surface area contributed by atoms with Crippen LogP contribution in [0.3, 0.4) is 0 Å². The molecule has 1 heterocycles. The van der Waals surface area contributed by atoms with Crippen LogP contribution in [0.25, 0.3) is 0 Å². The summed E-state index contributed by atoms with van der Waals surface area (Å²) >= 11 is 6.22. The van der Waals surface area contributed by atoms with Gasteiger partial charge >= 0.3 is 0 Å². The summed E-state index contributed by atoms with van der Waals surface area (Å²) in [6.07, 6.45) is 2.39. The molecular weight excluding hydrogens is 428 g/mol. The number of carbonyl (C=O) groups excluding carboxylic acids is 1. The maximum atomic E-state index is 11.1. The van der Waals surface area contributed by atoms with Crippen LogP contribution in [0, 0.1) is 6.92 Å². The highest BCUT2D eigenvalue weighted by Gasteiger charge is 2.34. The van der Waals surface area contributed by atoms with Crippen LogP contribution >= 0.6 is 11.6 Å². The van der Waals surface area contributed by atoms with E-state index in [0.717, 1.165) is 37.2 Å². The van der Waals surface area contributed by atoms with Gasteiger partial charge < -0.3 is 19.9 Å². The second kappa shape index (κ2) is 11.5. The van der Waals surface area contributed by atoms with Gasteiger partial charge in [-0.1, -0.05) is 29.8 Å². The number of hydrogen-bond donors (Lipinski definition) is 2.